The molecule has 1 fully saturated rings. The zero-order valence-electron chi connectivity index (χ0n) is 10.4. The fourth-order valence-corrected chi connectivity index (χ4v) is 2.31. The lowest BCUT2D eigenvalue weighted by molar-refractivity contribution is -0.119. The van der Waals surface area contributed by atoms with E-state index in [0.717, 1.165) is 24.4 Å². The second-order valence-corrected chi connectivity index (χ2v) is 4.91. The van der Waals surface area contributed by atoms with Crippen LogP contribution >= 0.6 is 12.8 Å². The van der Waals surface area contributed by atoms with Crippen molar-refractivity contribution in [3.05, 3.63) is 24.3 Å². The van der Waals surface area contributed by atoms with Gasteiger partial charge in [0.25, 0.3) is 0 Å². The fourth-order valence-electron chi connectivity index (χ4n) is 2.00. The van der Waals surface area contributed by atoms with Crippen LogP contribution in [0, 0.1) is 5.92 Å². The van der Waals surface area contributed by atoms with Crippen molar-refractivity contribution in [2.45, 2.75) is 13.3 Å². The summed E-state index contributed by atoms with van der Waals surface area (Å²) in [5.41, 5.74) is 0.807. The van der Waals surface area contributed by atoms with Gasteiger partial charge in [-0.3, -0.25) is 9.10 Å². The molecule has 0 spiro atoms. The number of ether oxygens (including phenoxy) is 1. The van der Waals surface area contributed by atoms with Crippen molar-refractivity contribution in [2.24, 2.45) is 5.92 Å². The van der Waals surface area contributed by atoms with Crippen molar-refractivity contribution in [2.75, 3.05) is 25.0 Å². The molecule has 4 nitrogen and oxygen atoms in total. The Hall–Kier alpha value is -1.20. The van der Waals surface area contributed by atoms with Crippen molar-refractivity contribution < 1.29 is 9.53 Å². The molecule has 1 aromatic carbocycles. The first-order valence-corrected chi connectivity index (χ1v) is 6.56. The first-order valence-electron chi connectivity index (χ1n) is 6.16. The van der Waals surface area contributed by atoms with Gasteiger partial charge in [-0.25, -0.2) is 0 Å². The number of rotatable bonds is 4. The monoisotopic (exact) mass is 266 g/mol. The van der Waals surface area contributed by atoms with E-state index in [1.807, 2.05) is 35.5 Å². The van der Waals surface area contributed by atoms with Gasteiger partial charge in [0, 0.05) is 18.8 Å². The molecule has 1 unspecified atom stereocenters. The Balaban J connectivity index is 1.90. The smallest absolute Gasteiger partial charge is 0.228 e. The van der Waals surface area contributed by atoms with Crippen LogP contribution in [0.3, 0.4) is 0 Å². The first-order chi connectivity index (χ1) is 8.69. The molecule has 0 aliphatic carbocycles. The van der Waals surface area contributed by atoms with Crippen LogP contribution in [-0.2, 0) is 4.79 Å². The van der Waals surface area contributed by atoms with Gasteiger partial charge in [-0.2, -0.15) is 0 Å². The third-order valence-electron chi connectivity index (χ3n) is 2.97. The molecule has 0 bridgehead atoms. The van der Waals surface area contributed by atoms with Gasteiger partial charge in [-0.1, -0.05) is 12.8 Å². The van der Waals surface area contributed by atoms with Crippen LogP contribution in [0.4, 0.5) is 5.69 Å². The summed E-state index contributed by atoms with van der Waals surface area (Å²) in [4.78, 5) is 12.0. The second-order valence-electron chi connectivity index (χ2n) is 4.34. The minimum Gasteiger partial charge on any atom is -0.494 e. The van der Waals surface area contributed by atoms with Gasteiger partial charge < -0.3 is 10.1 Å². The molecule has 18 heavy (non-hydrogen) atoms. The van der Waals surface area contributed by atoms with Crippen molar-refractivity contribution in [1.29, 1.82) is 0 Å². The Labute approximate surface area is 113 Å². The Morgan fingerprint density at radius 1 is 1.50 bits per heavy atom. The highest BCUT2D eigenvalue weighted by Gasteiger charge is 2.26. The maximum Gasteiger partial charge on any atom is 0.228 e. The van der Waals surface area contributed by atoms with Crippen LogP contribution in [0.25, 0.3) is 0 Å². The number of hydrogen-bond donors (Lipinski definition) is 2. The third-order valence-corrected chi connectivity index (χ3v) is 3.33. The number of nitrogens with one attached hydrogen (secondary N) is 1. The van der Waals surface area contributed by atoms with Crippen LogP contribution in [-0.4, -0.2) is 29.9 Å². The summed E-state index contributed by atoms with van der Waals surface area (Å²) in [5.74, 6) is 0.919. The topological polar surface area (TPSA) is 41.6 Å². The van der Waals surface area contributed by atoms with Gasteiger partial charge in [0.15, 0.2) is 0 Å². The van der Waals surface area contributed by atoms with Gasteiger partial charge in [-0.15, -0.1) is 0 Å². The maximum atomic E-state index is 12.0. The molecule has 5 heteroatoms. The Kier molecular flexibility index (Phi) is 4.49. The van der Waals surface area contributed by atoms with Crippen LogP contribution in [0.2, 0.25) is 0 Å². The SMILES string of the molecule is CCOc1ccc(NC(=O)C2CCN(S)C2)cc1. The average molecular weight is 266 g/mol. The van der Waals surface area contributed by atoms with Crippen LogP contribution in [0.1, 0.15) is 13.3 Å². The highest BCUT2D eigenvalue weighted by Crippen LogP contribution is 2.21. The summed E-state index contributed by atoms with van der Waals surface area (Å²) >= 11 is 4.25. The normalized spacial score (nSPS) is 19.8. The predicted octanol–water partition coefficient (Wildman–Crippen LogP) is 2.19. The molecular formula is C13H18N2O2S. The average Bonchev–Trinajstić information content (AvgIpc) is 2.79. The Morgan fingerprint density at radius 2 is 2.22 bits per heavy atom. The molecule has 98 valence electrons. The number of carbonyl (C=O) groups excluding carboxylic acids is 1. The molecule has 1 aromatic rings. The number of amides is 1. The van der Waals surface area contributed by atoms with E-state index in [2.05, 4.69) is 18.1 Å². The molecule has 1 aliphatic heterocycles. The summed E-state index contributed by atoms with van der Waals surface area (Å²) in [6.07, 6.45) is 0.867. The molecule has 2 rings (SSSR count). The van der Waals surface area contributed by atoms with E-state index in [4.69, 9.17) is 4.74 Å². The summed E-state index contributed by atoms with van der Waals surface area (Å²) in [6, 6.07) is 7.43. The lowest BCUT2D eigenvalue weighted by atomic mass is 10.1. The summed E-state index contributed by atoms with van der Waals surface area (Å²) in [5, 5.41) is 2.92. The molecule has 0 radical (unpaired) electrons. The van der Waals surface area contributed by atoms with E-state index in [9.17, 15) is 4.79 Å². The summed E-state index contributed by atoms with van der Waals surface area (Å²) in [7, 11) is 0. The number of thiol groups is 1. The lowest BCUT2D eigenvalue weighted by Gasteiger charge is -2.11. The quantitative estimate of drug-likeness (QED) is 0.821. The molecule has 1 saturated heterocycles. The molecule has 1 heterocycles. The standard InChI is InChI=1S/C13H18N2O2S/c1-2-17-12-5-3-11(4-6-12)14-13(16)10-7-8-15(18)9-10/h3-6,10,18H,2,7-9H2,1H3,(H,14,16). The van der Waals surface area contributed by atoms with Gasteiger partial charge in [0.2, 0.25) is 5.91 Å². The van der Waals surface area contributed by atoms with Gasteiger partial charge >= 0.3 is 0 Å². The molecule has 1 amide bonds. The third kappa shape index (κ3) is 3.40. The minimum atomic E-state index is 0.0362. The highest BCUT2D eigenvalue weighted by molar-refractivity contribution is 7.77. The van der Waals surface area contributed by atoms with Gasteiger partial charge in [-0.05, 0) is 37.6 Å². The number of anilines is 1. The molecule has 1 aliphatic rings. The van der Waals surface area contributed by atoms with E-state index in [-0.39, 0.29) is 11.8 Å². The largest absolute Gasteiger partial charge is 0.494 e. The molecule has 1 N–H and O–H groups in total. The Bertz CT molecular complexity index is 408. The zero-order chi connectivity index (χ0) is 13.0. The molecule has 0 aromatic heterocycles. The summed E-state index contributed by atoms with van der Waals surface area (Å²) < 4.78 is 7.23. The second kappa shape index (κ2) is 6.11. The Morgan fingerprint density at radius 3 is 2.78 bits per heavy atom. The minimum absolute atomic E-state index is 0.0362. The molecule has 0 saturated carbocycles. The van der Waals surface area contributed by atoms with Crippen LogP contribution in [0.15, 0.2) is 24.3 Å². The molecule has 1 atom stereocenters. The number of benzene rings is 1. The maximum absolute atomic E-state index is 12.0. The fraction of sp³-hybridized carbons (Fsp3) is 0.462. The number of hydrogen-bond acceptors (Lipinski definition) is 4. The highest BCUT2D eigenvalue weighted by atomic mass is 32.1. The van der Waals surface area contributed by atoms with Crippen LogP contribution < -0.4 is 10.1 Å². The van der Waals surface area contributed by atoms with Gasteiger partial charge in [0.05, 0.1) is 12.5 Å². The van der Waals surface area contributed by atoms with Crippen molar-refractivity contribution in [3.8, 4) is 5.75 Å². The summed E-state index contributed by atoms with van der Waals surface area (Å²) in [6.45, 7) is 4.17. The van der Waals surface area contributed by atoms with Crippen molar-refractivity contribution in [3.63, 3.8) is 0 Å². The van der Waals surface area contributed by atoms with E-state index < -0.39 is 0 Å². The predicted molar refractivity (Wildman–Crippen MR) is 74.9 cm³/mol. The van der Waals surface area contributed by atoms with E-state index in [1.165, 1.54) is 0 Å². The molecular weight excluding hydrogens is 248 g/mol. The van der Waals surface area contributed by atoms with E-state index in [0.29, 0.717) is 13.2 Å². The van der Waals surface area contributed by atoms with Gasteiger partial charge in [0.1, 0.15) is 5.75 Å². The van der Waals surface area contributed by atoms with E-state index in [1.54, 1.807) is 0 Å². The zero-order valence-corrected chi connectivity index (χ0v) is 11.3. The van der Waals surface area contributed by atoms with Crippen LogP contribution in [0.5, 0.6) is 5.75 Å². The van der Waals surface area contributed by atoms with Crippen molar-refractivity contribution in [1.82, 2.24) is 4.31 Å². The lowest BCUT2D eigenvalue weighted by Crippen LogP contribution is -2.24. The van der Waals surface area contributed by atoms with Crippen molar-refractivity contribution >= 4 is 24.4 Å². The number of carbonyl (C=O) groups is 1. The van der Waals surface area contributed by atoms with E-state index >= 15 is 0 Å². The number of nitrogens with zero attached hydrogens (tertiary/aromatic N) is 1. The first kappa shape index (κ1) is 13.2.